The van der Waals surface area contributed by atoms with Crippen LogP contribution in [0.25, 0.3) is 35.6 Å². The molecule has 2 aliphatic heterocycles. The Morgan fingerprint density at radius 1 is 0.964 bits per heavy atom. The van der Waals surface area contributed by atoms with E-state index >= 15 is 0 Å². The van der Waals surface area contributed by atoms with Crippen molar-refractivity contribution in [3.05, 3.63) is 90.1 Å². The number of ether oxygens (including phenoxy) is 2. The van der Waals surface area contributed by atoms with Crippen LogP contribution in [-0.4, -0.2) is 51.8 Å². The zero-order chi connectivity index (χ0) is 40.4. The van der Waals surface area contributed by atoms with Gasteiger partial charge in [-0.1, -0.05) is 65.2 Å². The van der Waals surface area contributed by atoms with Gasteiger partial charge in [-0.3, -0.25) is 9.59 Å². The van der Waals surface area contributed by atoms with Gasteiger partial charge in [-0.15, -0.1) is 0 Å². The number of nitrogens with one attached hydrogen (secondary N) is 4. The van der Waals surface area contributed by atoms with Crippen molar-refractivity contribution in [2.45, 2.75) is 113 Å². The van der Waals surface area contributed by atoms with Crippen molar-refractivity contribution < 1.29 is 24.2 Å². The van der Waals surface area contributed by atoms with Crippen LogP contribution >= 0.6 is 0 Å². The van der Waals surface area contributed by atoms with Gasteiger partial charge in [0.2, 0.25) is 0 Å². The average Bonchev–Trinajstić information content (AvgIpc) is 3.91. The molecule has 0 amide bonds. The Kier molecular flexibility index (Phi) is 12.4. The van der Waals surface area contributed by atoms with Gasteiger partial charge in [0.25, 0.3) is 0 Å². The fourth-order valence-electron chi connectivity index (χ4n) is 9.38. The summed E-state index contributed by atoms with van der Waals surface area (Å²) < 4.78 is 11.1. The van der Waals surface area contributed by atoms with Gasteiger partial charge in [-0.25, -0.2) is 0 Å². The topological polar surface area (TPSA) is 132 Å². The van der Waals surface area contributed by atoms with Gasteiger partial charge in [0.1, 0.15) is 18.3 Å². The van der Waals surface area contributed by atoms with Crippen molar-refractivity contribution >= 4 is 47.6 Å². The lowest BCUT2D eigenvalue weighted by molar-refractivity contribution is -0.143. The van der Waals surface area contributed by atoms with Crippen LogP contribution in [0.2, 0.25) is 0 Å². The molecule has 3 aliphatic rings. The van der Waals surface area contributed by atoms with E-state index in [1.807, 2.05) is 19.1 Å². The van der Waals surface area contributed by atoms with E-state index in [1.165, 1.54) is 43.1 Å². The SMILES string of the molecule is C=Cc1c2[nH]c(c1C)/C=C1/NC(C3=c4[nH]c(c(C)c4=C(O)[C@@H]3C(=O)OC)/C=c3\[nH]/c(c(C)c3CC)=C\2)[C@@H](CCC(=O)OC/C=C(/C)CCC[C@H](C)CCC)[C@@H]1C. The molecular formula is C47H62N4O5. The number of hydrogen-bond acceptors (Lipinski definition) is 6. The number of allylic oxidation sites excluding steroid dienone is 2. The number of carbonyl (C=O) groups is 2. The number of aromatic nitrogens is 3. The Bertz CT molecular complexity index is 2330. The van der Waals surface area contributed by atoms with Gasteiger partial charge in [-0.05, 0) is 117 Å². The molecule has 0 radical (unpaired) electrons. The molecule has 0 spiro atoms. The number of aliphatic hydroxyl groups excluding tert-OH is 1. The molecule has 6 rings (SSSR count). The Labute approximate surface area is 331 Å². The molecule has 300 valence electrons. The summed E-state index contributed by atoms with van der Waals surface area (Å²) in [6, 6.07) is -0.390. The molecule has 1 aliphatic carbocycles. The Morgan fingerprint density at radius 3 is 2.39 bits per heavy atom. The highest BCUT2D eigenvalue weighted by Gasteiger charge is 2.47. The minimum absolute atomic E-state index is 0.0173. The number of hydrogen-bond donors (Lipinski definition) is 5. The quantitative estimate of drug-likeness (QED) is 0.0938. The number of aliphatic hydroxyl groups is 1. The van der Waals surface area contributed by atoms with Gasteiger partial charge >= 0.3 is 11.9 Å². The molecule has 56 heavy (non-hydrogen) atoms. The van der Waals surface area contributed by atoms with Crippen molar-refractivity contribution in [3.8, 4) is 0 Å². The normalized spacial score (nSPS) is 22.7. The smallest absolute Gasteiger partial charge is 0.320 e. The van der Waals surface area contributed by atoms with E-state index in [0.29, 0.717) is 11.6 Å². The summed E-state index contributed by atoms with van der Waals surface area (Å²) in [5.41, 5.74) is 11.0. The zero-order valence-corrected chi connectivity index (χ0v) is 34.9. The highest BCUT2D eigenvalue weighted by atomic mass is 16.5. The van der Waals surface area contributed by atoms with Crippen LogP contribution in [0.1, 0.15) is 124 Å². The molecular weight excluding hydrogens is 701 g/mol. The van der Waals surface area contributed by atoms with E-state index in [1.54, 1.807) is 0 Å². The van der Waals surface area contributed by atoms with E-state index in [9.17, 15) is 14.7 Å². The van der Waals surface area contributed by atoms with Crippen LogP contribution in [0.3, 0.4) is 0 Å². The number of fused-ring (bicyclic) bond motifs is 8. The Hall–Kier alpha value is -4.92. The lowest BCUT2D eigenvalue weighted by Gasteiger charge is -2.26. The fraction of sp³-hybridized carbons (Fsp3) is 0.489. The first kappa shape index (κ1) is 40.7. The third kappa shape index (κ3) is 7.74. The maximum atomic E-state index is 13.6. The molecule has 8 bridgehead atoms. The first-order chi connectivity index (χ1) is 26.8. The molecule has 5 N–H and O–H groups in total. The summed E-state index contributed by atoms with van der Waals surface area (Å²) in [6.45, 7) is 21.6. The number of carbonyl (C=O) groups excluding carboxylic acids is 2. The van der Waals surface area contributed by atoms with E-state index in [-0.39, 0.29) is 36.6 Å². The third-order valence-electron chi connectivity index (χ3n) is 12.7. The predicted octanol–water partition coefficient (Wildman–Crippen LogP) is 6.53. The highest BCUT2D eigenvalue weighted by Crippen LogP contribution is 2.42. The zero-order valence-electron chi connectivity index (χ0n) is 34.9. The van der Waals surface area contributed by atoms with Crippen LogP contribution in [0.15, 0.2) is 23.9 Å². The number of rotatable bonds is 14. The number of aromatic amines is 3. The minimum Gasteiger partial charge on any atom is -0.510 e. The van der Waals surface area contributed by atoms with E-state index < -0.39 is 17.9 Å². The number of esters is 2. The van der Waals surface area contributed by atoms with Crippen LogP contribution in [0.5, 0.6) is 0 Å². The summed E-state index contributed by atoms with van der Waals surface area (Å²) >= 11 is 0. The highest BCUT2D eigenvalue weighted by molar-refractivity contribution is 5.95. The van der Waals surface area contributed by atoms with Crippen molar-refractivity contribution in [1.29, 1.82) is 0 Å². The maximum absolute atomic E-state index is 13.6. The second-order valence-electron chi connectivity index (χ2n) is 16.3. The van der Waals surface area contributed by atoms with Gasteiger partial charge < -0.3 is 34.8 Å². The molecule has 0 saturated carbocycles. The van der Waals surface area contributed by atoms with E-state index in [2.05, 4.69) is 93.5 Å². The van der Waals surface area contributed by atoms with Crippen molar-refractivity contribution in [2.75, 3.05) is 13.7 Å². The first-order valence-corrected chi connectivity index (χ1v) is 20.6. The maximum Gasteiger partial charge on any atom is 0.320 e. The van der Waals surface area contributed by atoms with Crippen LogP contribution in [0.4, 0.5) is 0 Å². The van der Waals surface area contributed by atoms with E-state index in [4.69, 9.17) is 9.47 Å². The Balaban J connectivity index is 1.41. The number of methoxy groups -OCH3 is 1. The average molecular weight is 763 g/mol. The first-order valence-electron chi connectivity index (χ1n) is 20.6. The standard InChI is InChI=1S/C47H62N4O5/c1-11-15-25(4)16-14-17-26(5)20-21-56-40(52)19-18-33-29(8)36-22-34-27(6)31(12-2)38(48-34)23-35-28(7)32(13-3)39(49-35)24-37-30(9)41-45(51-37)42(44(33)50-36)43(46(41)53)47(54)55-10/h12,20,22-25,29,33,43-44,48-51,53H,2,11,13-19,21H2,1,3-10H3/b26-20-,35-23-,36-22+,39-24-/t25-,29+,33+,43-,44?/m1/s1. The minimum atomic E-state index is -0.990. The predicted molar refractivity (Wildman–Crippen MR) is 226 cm³/mol. The summed E-state index contributed by atoms with van der Waals surface area (Å²) in [7, 11) is 1.36. The van der Waals surface area contributed by atoms with Gasteiger partial charge in [0.05, 0.1) is 18.5 Å². The summed E-state index contributed by atoms with van der Waals surface area (Å²) in [5.74, 6) is -1.18. The summed E-state index contributed by atoms with van der Waals surface area (Å²) in [6.07, 6.45) is 17.7. The van der Waals surface area contributed by atoms with Gasteiger partial charge in [0, 0.05) is 56.6 Å². The van der Waals surface area contributed by atoms with Crippen LogP contribution in [0, 0.1) is 44.4 Å². The molecule has 9 nitrogen and oxygen atoms in total. The number of H-pyrrole nitrogens is 3. The second-order valence-corrected chi connectivity index (χ2v) is 16.3. The summed E-state index contributed by atoms with van der Waals surface area (Å²) in [4.78, 5) is 37.9. The molecule has 1 saturated heterocycles. The summed E-state index contributed by atoms with van der Waals surface area (Å²) in [5, 5.41) is 19.0. The third-order valence-corrected chi connectivity index (χ3v) is 12.7. The van der Waals surface area contributed by atoms with Crippen molar-refractivity contribution in [3.63, 3.8) is 0 Å². The van der Waals surface area contributed by atoms with E-state index in [0.717, 1.165) is 86.3 Å². The molecule has 3 aromatic rings. The van der Waals surface area contributed by atoms with Crippen molar-refractivity contribution in [2.24, 2.45) is 23.7 Å². The van der Waals surface area contributed by atoms with Gasteiger partial charge in [0.15, 0.2) is 0 Å². The van der Waals surface area contributed by atoms with Gasteiger partial charge in [-0.2, -0.15) is 0 Å². The largest absolute Gasteiger partial charge is 0.510 e. The molecule has 5 atom stereocenters. The molecule has 1 fully saturated rings. The second kappa shape index (κ2) is 17.1. The monoisotopic (exact) mass is 762 g/mol. The van der Waals surface area contributed by atoms with Crippen LogP contribution < -0.4 is 26.6 Å². The van der Waals surface area contributed by atoms with Crippen LogP contribution in [-0.2, 0) is 25.5 Å². The van der Waals surface area contributed by atoms with Crippen molar-refractivity contribution in [1.82, 2.24) is 20.3 Å². The Morgan fingerprint density at radius 2 is 1.70 bits per heavy atom. The molecule has 3 aromatic heterocycles. The molecule has 0 aromatic carbocycles. The lowest BCUT2D eigenvalue weighted by Crippen LogP contribution is -2.38. The molecule has 1 unspecified atom stereocenters. The fourth-order valence-corrected chi connectivity index (χ4v) is 9.38. The molecule has 9 heteroatoms. The molecule has 5 heterocycles. The lowest BCUT2D eigenvalue weighted by atomic mass is 9.80.